The van der Waals surface area contributed by atoms with Crippen LogP contribution in [0.3, 0.4) is 0 Å². The third kappa shape index (κ3) is 3.54. The molecule has 1 rings (SSSR count). The fourth-order valence-electron chi connectivity index (χ4n) is 1.78. The number of nitrogens with one attached hydrogen (secondary N) is 2. The second kappa shape index (κ2) is 5.20. The van der Waals surface area contributed by atoms with Gasteiger partial charge in [-0.05, 0) is 25.3 Å². The third-order valence-electron chi connectivity index (χ3n) is 2.77. The Kier molecular flexibility index (Phi) is 4.20. The summed E-state index contributed by atoms with van der Waals surface area (Å²) in [6, 6.07) is 0.570. The van der Waals surface area contributed by atoms with Crippen LogP contribution in [0.5, 0.6) is 0 Å². The summed E-state index contributed by atoms with van der Waals surface area (Å²) in [7, 11) is 0. The summed E-state index contributed by atoms with van der Waals surface area (Å²) in [6.07, 6.45) is 2.30. The Labute approximate surface area is 86.4 Å². The summed E-state index contributed by atoms with van der Waals surface area (Å²) >= 11 is 0. The van der Waals surface area contributed by atoms with Gasteiger partial charge in [-0.25, -0.2) is 0 Å². The molecule has 0 saturated carbocycles. The van der Waals surface area contributed by atoms with Gasteiger partial charge in [0.05, 0.1) is 0 Å². The molecule has 0 aromatic rings. The summed E-state index contributed by atoms with van der Waals surface area (Å²) in [6.45, 7) is 7.33. The number of nitrogens with two attached hydrogens (primary N) is 1. The number of guanidine groups is 1. The number of hydrogen-bond acceptors (Lipinski definition) is 2. The summed E-state index contributed by atoms with van der Waals surface area (Å²) < 4.78 is 0. The maximum Gasteiger partial charge on any atom is 0.188 e. The van der Waals surface area contributed by atoms with E-state index in [0.29, 0.717) is 6.04 Å². The highest BCUT2D eigenvalue weighted by atomic mass is 15.2. The number of piperidine rings is 1. The highest BCUT2D eigenvalue weighted by Gasteiger charge is 2.19. The molecule has 0 unspecified atom stereocenters. The van der Waals surface area contributed by atoms with Crippen LogP contribution in [0.4, 0.5) is 0 Å². The molecule has 0 spiro atoms. The first-order valence-electron chi connectivity index (χ1n) is 5.42. The lowest BCUT2D eigenvalue weighted by Gasteiger charge is -2.32. The van der Waals surface area contributed by atoms with Gasteiger partial charge in [-0.15, -0.1) is 0 Å². The molecule has 82 valence electrons. The average molecular weight is 198 g/mol. The van der Waals surface area contributed by atoms with E-state index in [4.69, 9.17) is 11.1 Å². The summed E-state index contributed by atoms with van der Waals surface area (Å²) in [5.74, 6) is 0.980. The van der Waals surface area contributed by atoms with Gasteiger partial charge in [-0.3, -0.25) is 5.41 Å². The minimum atomic E-state index is 0.222. The normalized spacial score (nSPS) is 18.9. The van der Waals surface area contributed by atoms with Crippen molar-refractivity contribution in [1.29, 1.82) is 5.41 Å². The Balaban J connectivity index is 2.19. The quantitative estimate of drug-likeness (QED) is 0.459. The van der Waals surface area contributed by atoms with Gasteiger partial charge in [0.1, 0.15) is 0 Å². The summed E-state index contributed by atoms with van der Waals surface area (Å²) in [5.41, 5.74) is 5.43. The number of hydrogen-bond donors (Lipinski definition) is 3. The molecule has 0 aliphatic carbocycles. The van der Waals surface area contributed by atoms with Crippen LogP contribution in [0.1, 0.15) is 26.7 Å². The fourth-order valence-corrected chi connectivity index (χ4v) is 1.78. The summed E-state index contributed by atoms with van der Waals surface area (Å²) in [5, 5.41) is 10.8. The third-order valence-corrected chi connectivity index (χ3v) is 2.77. The van der Waals surface area contributed by atoms with E-state index >= 15 is 0 Å². The molecule has 1 heterocycles. The van der Waals surface area contributed by atoms with Crippen LogP contribution in [0.15, 0.2) is 0 Å². The Morgan fingerprint density at radius 1 is 1.50 bits per heavy atom. The Hall–Kier alpha value is -0.770. The average Bonchev–Trinajstić information content (AvgIpc) is 2.15. The van der Waals surface area contributed by atoms with Crippen LogP contribution in [0.2, 0.25) is 0 Å². The van der Waals surface area contributed by atoms with Gasteiger partial charge in [-0.1, -0.05) is 13.8 Å². The number of nitrogens with zero attached hydrogens (tertiary/aromatic N) is 1. The monoisotopic (exact) mass is 198 g/mol. The first kappa shape index (κ1) is 11.3. The van der Waals surface area contributed by atoms with E-state index in [9.17, 15) is 0 Å². The SMILES string of the molecule is CC(C)NCC1CCN(C(=N)N)CC1. The van der Waals surface area contributed by atoms with Crippen molar-refractivity contribution in [3.63, 3.8) is 0 Å². The zero-order valence-corrected chi connectivity index (χ0v) is 9.21. The second-order valence-corrected chi connectivity index (χ2v) is 4.38. The van der Waals surface area contributed by atoms with Gasteiger partial charge in [0.2, 0.25) is 0 Å². The van der Waals surface area contributed by atoms with Crippen molar-refractivity contribution in [2.45, 2.75) is 32.7 Å². The van der Waals surface area contributed by atoms with Crippen LogP contribution in [0.25, 0.3) is 0 Å². The minimum absolute atomic E-state index is 0.222. The number of rotatable bonds is 3. The molecule has 0 radical (unpaired) electrons. The van der Waals surface area contributed by atoms with Crippen molar-refractivity contribution >= 4 is 5.96 Å². The van der Waals surface area contributed by atoms with Crippen molar-refractivity contribution in [1.82, 2.24) is 10.2 Å². The van der Waals surface area contributed by atoms with E-state index < -0.39 is 0 Å². The lowest BCUT2D eigenvalue weighted by atomic mass is 9.97. The molecule has 1 saturated heterocycles. The lowest BCUT2D eigenvalue weighted by molar-refractivity contribution is 0.254. The highest BCUT2D eigenvalue weighted by molar-refractivity contribution is 5.74. The van der Waals surface area contributed by atoms with Crippen LogP contribution in [-0.2, 0) is 0 Å². The Morgan fingerprint density at radius 3 is 2.50 bits per heavy atom. The highest BCUT2D eigenvalue weighted by Crippen LogP contribution is 2.15. The van der Waals surface area contributed by atoms with E-state index in [0.717, 1.165) is 38.4 Å². The fraction of sp³-hybridized carbons (Fsp3) is 0.900. The van der Waals surface area contributed by atoms with Crippen LogP contribution in [-0.4, -0.2) is 36.5 Å². The van der Waals surface area contributed by atoms with Gasteiger partial charge in [0, 0.05) is 19.1 Å². The van der Waals surface area contributed by atoms with E-state index in [1.807, 2.05) is 4.90 Å². The summed E-state index contributed by atoms with van der Waals surface area (Å²) in [4.78, 5) is 1.95. The Morgan fingerprint density at radius 2 is 2.07 bits per heavy atom. The van der Waals surface area contributed by atoms with Crippen molar-refractivity contribution in [2.75, 3.05) is 19.6 Å². The van der Waals surface area contributed by atoms with Gasteiger partial charge in [0.15, 0.2) is 5.96 Å². The second-order valence-electron chi connectivity index (χ2n) is 4.38. The maximum absolute atomic E-state index is 7.31. The maximum atomic E-state index is 7.31. The molecule has 1 fully saturated rings. The molecule has 0 aromatic carbocycles. The molecule has 0 aromatic heterocycles. The topological polar surface area (TPSA) is 65.1 Å². The van der Waals surface area contributed by atoms with Gasteiger partial charge in [-0.2, -0.15) is 0 Å². The first-order chi connectivity index (χ1) is 6.59. The van der Waals surface area contributed by atoms with Crippen LogP contribution < -0.4 is 11.1 Å². The molecule has 4 heteroatoms. The van der Waals surface area contributed by atoms with Crippen LogP contribution in [0, 0.1) is 11.3 Å². The molecule has 1 aliphatic rings. The molecule has 0 amide bonds. The van der Waals surface area contributed by atoms with E-state index in [1.54, 1.807) is 0 Å². The van der Waals surface area contributed by atoms with Crippen molar-refractivity contribution < 1.29 is 0 Å². The van der Waals surface area contributed by atoms with Gasteiger partial charge < -0.3 is 16.0 Å². The van der Waals surface area contributed by atoms with Crippen molar-refractivity contribution in [3.05, 3.63) is 0 Å². The van der Waals surface area contributed by atoms with Gasteiger partial charge in [0.25, 0.3) is 0 Å². The Bertz CT molecular complexity index is 183. The molecule has 0 atom stereocenters. The molecule has 0 bridgehead atoms. The first-order valence-corrected chi connectivity index (χ1v) is 5.42. The predicted octanol–water partition coefficient (Wildman–Crippen LogP) is 0.590. The predicted molar refractivity (Wildman–Crippen MR) is 59.3 cm³/mol. The lowest BCUT2D eigenvalue weighted by Crippen LogP contribution is -2.44. The zero-order chi connectivity index (χ0) is 10.6. The van der Waals surface area contributed by atoms with E-state index in [2.05, 4.69) is 19.2 Å². The minimum Gasteiger partial charge on any atom is -0.370 e. The zero-order valence-electron chi connectivity index (χ0n) is 9.21. The largest absolute Gasteiger partial charge is 0.370 e. The molecule has 14 heavy (non-hydrogen) atoms. The smallest absolute Gasteiger partial charge is 0.188 e. The molecule has 1 aliphatic heterocycles. The van der Waals surface area contributed by atoms with Crippen molar-refractivity contribution in [2.24, 2.45) is 11.7 Å². The van der Waals surface area contributed by atoms with Gasteiger partial charge >= 0.3 is 0 Å². The molecule has 4 nitrogen and oxygen atoms in total. The molecular formula is C10H22N4. The molecule has 4 N–H and O–H groups in total. The van der Waals surface area contributed by atoms with E-state index in [1.165, 1.54) is 0 Å². The molecular weight excluding hydrogens is 176 g/mol. The standard InChI is InChI=1S/C10H22N4/c1-8(2)13-7-9-3-5-14(6-4-9)10(11)12/h8-9,13H,3-7H2,1-2H3,(H3,11,12). The van der Waals surface area contributed by atoms with Crippen molar-refractivity contribution in [3.8, 4) is 0 Å². The van der Waals surface area contributed by atoms with E-state index in [-0.39, 0.29) is 5.96 Å². The number of likely N-dealkylation sites (tertiary alicyclic amines) is 1. The van der Waals surface area contributed by atoms with Crippen LogP contribution >= 0.6 is 0 Å².